The first kappa shape index (κ1) is 19.9. The number of thiophene rings is 1. The van der Waals surface area contributed by atoms with Crippen LogP contribution in [0, 0.1) is 0 Å². The zero-order valence-corrected chi connectivity index (χ0v) is 17.5. The minimum absolute atomic E-state index is 0.0115. The topological polar surface area (TPSA) is 89.7 Å². The van der Waals surface area contributed by atoms with Crippen molar-refractivity contribution in [3.8, 4) is 11.5 Å². The summed E-state index contributed by atoms with van der Waals surface area (Å²) in [4.78, 5) is 14.2. The van der Waals surface area contributed by atoms with Crippen LogP contribution in [-0.4, -0.2) is 20.9 Å². The van der Waals surface area contributed by atoms with Gasteiger partial charge in [0.1, 0.15) is 11.5 Å². The lowest BCUT2D eigenvalue weighted by Crippen LogP contribution is -2.24. The van der Waals surface area contributed by atoms with E-state index in [0.29, 0.717) is 35.2 Å². The molecule has 2 heterocycles. The minimum Gasteiger partial charge on any atom is -0.455 e. The Labute approximate surface area is 177 Å². The van der Waals surface area contributed by atoms with Crippen molar-refractivity contribution >= 4 is 44.6 Å². The number of sulfonamides is 1. The van der Waals surface area contributed by atoms with E-state index in [-0.39, 0.29) is 16.7 Å². The quantitative estimate of drug-likeness (QED) is 0.627. The molecule has 1 aliphatic heterocycles. The summed E-state index contributed by atoms with van der Waals surface area (Å²) in [5.74, 6) is 1.20. The van der Waals surface area contributed by atoms with Gasteiger partial charge in [0.25, 0.3) is 0 Å². The fraction of sp³-hybridized carbons (Fsp3) is 0.150. The molecule has 1 amide bonds. The van der Waals surface area contributed by atoms with Crippen LogP contribution in [0.1, 0.15) is 17.9 Å². The molecule has 0 aliphatic carbocycles. The van der Waals surface area contributed by atoms with E-state index in [1.54, 1.807) is 23.1 Å². The Morgan fingerprint density at radius 2 is 1.90 bits per heavy atom. The first-order valence-electron chi connectivity index (χ1n) is 8.74. The molecule has 1 aromatic heterocycles. The number of amides is 1. The summed E-state index contributed by atoms with van der Waals surface area (Å²) in [5, 5.41) is 9.43. The number of ether oxygens (including phenoxy) is 1. The number of hydrogen-bond acceptors (Lipinski definition) is 5. The summed E-state index contributed by atoms with van der Waals surface area (Å²) in [6.45, 7) is 0.479. The lowest BCUT2D eigenvalue weighted by Gasteiger charge is -2.17. The van der Waals surface area contributed by atoms with Crippen molar-refractivity contribution in [1.82, 2.24) is 0 Å². The number of nitrogens with two attached hydrogens (primary N) is 1. The van der Waals surface area contributed by atoms with Gasteiger partial charge < -0.3 is 9.64 Å². The molecule has 1 atom stereocenters. The van der Waals surface area contributed by atoms with E-state index in [0.717, 1.165) is 5.56 Å². The van der Waals surface area contributed by atoms with Crippen LogP contribution in [0.2, 0.25) is 5.02 Å². The van der Waals surface area contributed by atoms with Gasteiger partial charge >= 0.3 is 0 Å². The van der Waals surface area contributed by atoms with Gasteiger partial charge in [-0.2, -0.15) is 0 Å². The van der Waals surface area contributed by atoms with Gasteiger partial charge in [-0.3, -0.25) is 4.79 Å². The highest BCUT2D eigenvalue weighted by molar-refractivity contribution is 7.89. The molecule has 0 saturated carbocycles. The van der Waals surface area contributed by atoms with Gasteiger partial charge in [0.05, 0.1) is 9.92 Å². The molecule has 9 heteroatoms. The number of carbonyl (C=O) groups excluding carboxylic acids is 1. The summed E-state index contributed by atoms with van der Waals surface area (Å²) in [7, 11) is -3.77. The van der Waals surface area contributed by atoms with Gasteiger partial charge in [0.15, 0.2) is 0 Å². The average molecular weight is 449 g/mol. The Hall–Kier alpha value is -2.39. The second-order valence-corrected chi connectivity index (χ2v) is 9.44. The molecule has 3 aromatic rings. The summed E-state index contributed by atoms with van der Waals surface area (Å²) in [6, 6.07) is 13.4. The molecule has 1 aliphatic rings. The Balaban J connectivity index is 1.55. The molecule has 0 radical (unpaired) electrons. The van der Waals surface area contributed by atoms with E-state index in [4.69, 9.17) is 21.5 Å². The maximum Gasteiger partial charge on any atom is 0.238 e. The van der Waals surface area contributed by atoms with Gasteiger partial charge in [-0.05, 0) is 53.4 Å². The van der Waals surface area contributed by atoms with Gasteiger partial charge in [0.2, 0.25) is 15.9 Å². The highest BCUT2D eigenvalue weighted by atomic mass is 35.5. The molecule has 1 saturated heterocycles. The summed E-state index contributed by atoms with van der Waals surface area (Å²) in [5.41, 5.74) is 1.59. The highest BCUT2D eigenvalue weighted by Gasteiger charge is 2.32. The molecule has 2 N–H and O–H groups in total. The molecule has 150 valence electrons. The monoisotopic (exact) mass is 448 g/mol. The summed E-state index contributed by atoms with van der Waals surface area (Å²) >= 11 is 7.80. The number of primary sulfonamides is 1. The molecule has 4 rings (SSSR count). The largest absolute Gasteiger partial charge is 0.455 e. The normalized spacial score (nSPS) is 17.0. The van der Waals surface area contributed by atoms with Gasteiger partial charge in [-0.25, -0.2) is 13.6 Å². The molecule has 6 nitrogen and oxygen atoms in total. The van der Waals surface area contributed by atoms with Gasteiger partial charge in [-0.1, -0.05) is 17.7 Å². The van der Waals surface area contributed by atoms with E-state index in [1.807, 2.05) is 29.0 Å². The Kier molecular flexibility index (Phi) is 5.35. The fourth-order valence-electron chi connectivity index (χ4n) is 3.29. The predicted octanol–water partition coefficient (Wildman–Crippen LogP) is 4.36. The molecule has 1 fully saturated rings. The lowest BCUT2D eigenvalue weighted by molar-refractivity contribution is -0.117. The Morgan fingerprint density at radius 3 is 2.55 bits per heavy atom. The first-order valence-corrected chi connectivity index (χ1v) is 11.6. The van der Waals surface area contributed by atoms with E-state index in [9.17, 15) is 13.2 Å². The number of halogens is 1. The van der Waals surface area contributed by atoms with Crippen LogP contribution in [0.4, 0.5) is 5.69 Å². The third-order valence-electron chi connectivity index (χ3n) is 4.75. The van der Waals surface area contributed by atoms with E-state index in [1.165, 1.54) is 23.5 Å². The first-order chi connectivity index (χ1) is 13.8. The average Bonchev–Trinajstić information content (AvgIpc) is 3.32. The Bertz CT molecular complexity index is 1150. The SMILES string of the molecule is NS(=O)(=O)c1ccc(N2C[C@@H](c3ccc(Cl)c(Oc4ccsc4)c3)CC2=O)cc1. The third-order valence-corrected chi connectivity index (χ3v) is 6.65. The molecule has 0 unspecified atom stereocenters. The number of hydrogen-bond donors (Lipinski definition) is 1. The third kappa shape index (κ3) is 4.30. The van der Waals surface area contributed by atoms with Crippen molar-refractivity contribution in [3.63, 3.8) is 0 Å². The molecular weight excluding hydrogens is 432 g/mol. The molecule has 0 bridgehead atoms. The van der Waals surface area contributed by atoms with Crippen LogP contribution >= 0.6 is 22.9 Å². The smallest absolute Gasteiger partial charge is 0.238 e. The number of nitrogens with zero attached hydrogens (tertiary/aromatic N) is 1. The van der Waals surface area contributed by atoms with Crippen LogP contribution in [0.25, 0.3) is 0 Å². The van der Waals surface area contributed by atoms with Crippen molar-refractivity contribution in [1.29, 1.82) is 0 Å². The van der Waals surface area contributed by atoms with Crippen molar-refractivity contribution in [2.24, 2.45) is 5.14 Å². The van der Waals surface area contributed by atoms with Gasteiger partial charge in [-0.15, -0.1) is 11.3 Å². The van der Waals surface area contributed by atoms with E-state index >= 15 is 0 Å². The lowest BCUT2D eigenvalue weighted by atomic mass is 9.98. The van der Waals surface area contributed by atoms with E-state index < -0.39 is 10.0 Å². The number of benzene rings is 2. The number of carbonyl (C=O) groups is 1. The van der Waals surface area contributed by atoms with E-state index in [2.05, 4.69) is 0 Å². The van der Waals surface area contributed by atoms with Crippen LogP contribution in [0.5, 0.6) is 11.5 Å². The maximum atomic E-state index is 12.6. The van der Waals surface area contributed by atoms with Crippen LogP contribution in [0.15, 0.2) is 64.2 Å². The predicted molar refractivity (Wildman–Crippen MR) is 113 cm³/mol. The fourth-order valence-corrected chi connectivity index (χ4v) is 4.51. The second kappa shape index (κ2) is 7.79. The number of anilines is 1. The molecule has 2 aromatic carbocycles. The molecule has 0 spiro atoms. The summed E-state index contributed by atoms with van der Waals surface area (Å²) < 4.78 is 28.7. The zero-order chi connectivity index (χ0) is 20.6. The summed E-state index contributed by atoms with van der Waals surface area (Å²) in [6.07, 6.45) is 0.344. The van der Waals surface area contributed by atoms with Crippen molar-refractivity contribution in [3.05, 3.63) is 69.9 Å². The van der Waals surface area contributed by atoms with Crippen molar-refractivity contribution < 1.29 is 17.9 Å². The minimum atomic E-state index is -3.77. The zero-order valence-electron chi connectivity index (χ0n) is 15.1. The standard InChI is InChI=1S/C20H17ClN2O4S2/c21-18-6-1-13(9-19(18)27-16-7-8-28-12-16)14-10-20(24)23(11-14)15-2-4-17(5-3-15)29(22,25)26/h1-9,12,14H,10-11H2,(H2,22,25,26)/t14-/m0/s1. The second-order valence-electron chi connectivity index (χ2n) is 6.70. The van der Waals surface area contributed by atoms with Crippen molar-refractivity contribution in [2.75, 3.05) is 11.4 Å². The maximum absolute atomic E-state index is 12.6. The van der Waals surface area contributed by atoms with Crippen LogP contribution in [0.3, 0.4) is 0 Å². The van der Waals surface area contributed by atoms with Gasteiger partial charge in [0, 0.05) is 30.0 Å². The molecular formula is C20H17ClN2O4S2. The number of rotatable bonds is 5. The Morgan fingerprint density at radius 1 is 1.14 bits per heavy atom. The highest BCUT2D eigenvalue weighted by Crippen LogP contribution is 2.37. The van der Waals surface area contributed by atoms with Crippen molar-refractivity contribution in [2.45, 2.75) is 17.2 Å². The van der Waals surface area contributed by atoms with Crippen LogP contribution < -0.4 is 14.8 Å². The van der Waals surface area contributed by atoms with Crippen LogP contribution in [-0.2, 0) is 14.8 Å². The molecule has 29 heavy (non-hydrogen) atoms.